The molecule has 5 heteroatoms. The van der Waals surface area contributed by atoms with E-state index in [1.54, 1.807) is 0 Å². The normalized spacial score (nSPS) is 16.3. The van der Waals surface area contributed by atoms with Crippen molar-refractivity contribution in [2.24, 2.45) is 5.73 Å². The lowest BCUT2D eigenvalue weighted by Gasteiger charge is -2.27. The summed E-state index contributed by atoms with van der Waals surface area (Å²) in [7, 11) is 3.94. The van der Waals surface area contributed by atoms with E-state index in [4.69, 9.17) is 10.5 Å². The van der Waals surface area contributed by atoms with Gasteiger partial charge in [-0.25, -0.2) is 0 Å². The molecule has 2 aromatic carbocycles. The number of anilines is 1. The summed E-state index contributed by atoms with van der Waals surface area (Å²) < 4.78 is 6.67. The summed E-state index contributed by atoms with van der Waals surface area (Å²) in [5.41, 5.74) is 9.41. The Labute approximate surface area is 143 Å². The number of benzene rings is 2. The number of fused-ring (bicyclic) bond motifs is 1. The fourth-order valence-corrected chi connectivity index (χ4v) is 3.17. The number of halogens is 1. The van der Waals surface area contributed by atoms with Gasteiger partial charge in [0.05, 0.1) is 5.92 Å². The van der Waals surface area contributed by atoms with Crippen molar-refractivity contribution in [3.8, 4) is 11.8 Å². The molecular weight excluding hydrogens is 354 g/mol. The van der Waals surface area contributed by atoms with Crippen molar-refractivity contribution in [1.82, 2.24) is 0 Å². The van der Waals surface area contributed by atoms with Crippen LogP contribution in [0.25, 0.3) is 0 Å². The van der Waals surface area contributed by atoms with E-state index >= 15 is 0 Å². The topological polar surface area (TPSA) is 62.3 Å². The minimum atomic E-state index is -0.225. The lowest BCUT2D eigenvalue weighted by Crippen LogP contribution is -2.21. The fraction of sp³-hybridized carbons (Fsp3) is 0.167. The summed E-state index contributed by atoms with van der Waals surface area (Å²) in [6.45, 7) is 0. The molecule has 2 N–H and O–H groups in total. The van der Waals surface area contributed by atoms with E-state index < -0.39 is 0 Å². The molecule has 0 bridgehead atoms. The molecule has 0 spiro atoms. The average Bonchev–Trinajstić information content (AvgIpc) is 2.52. The molecule has 0 radical (unpaired) electrons. The average molecular weight is 370 g/mol. The van der Waals surface area contributed by atoms with Crippen LogP contribution in [-0.2, 0) is 0 Å². The molecule has 0 saturated carbocycles. The summed E-state index contributed by atoms with van der Waals surface area (Å²) in [6, 6.07) is 16.1. The van der Waals surface area contributed by atoms with Gasteiger partial charge in [-0.1, -0.05) is 34.1 Å². The molecule has 23 heavy (non-hydrogen) atoms. The van der Waals surface area contributed by atoms with Gasteiger partial charge in [0.1, 0.15) is 17.4 Å². The van der Waals surface area contributed by atoms with Crippen molar-refractivity contribution in [2.45, 2.75) is 5.92 Å². The lowest BCUT2D eigenvalue weighted by atomic mass is 9.83. The van der Waals surface area contributed by atoms with Crippen LogP contribution in [0, 0.1) is 11.3 Å². The number of rotatable bonds is 2. The predicted molar refractivity (Wildman–Crippen MR) is 94.2 cm³/mol. The molecule has 4 nitrogen and oxygen atoms in total. The first-order chi connectivity index (χ1) is 11.0. The second kappa shape index (κ2) is 5.98. The van der Waals surface area contributed by atoms with Crippen molar-refractivity contribution in [3.63, 3.8) is 0 Å². The maximum absolute atomic E-state index is 9.54. The summed E-state index contributed by atoms with van der Waals surface area (Å²) >= 11 is 3.49. The van der Waals surface area contributed by atoms with Crippen LogP contribution in [0.15, 0.2) is 58.4 Å². The number of ether oxygens (including phenoxy) is 1. The molecule has 1 aliphatic heterocycles. The van der Waals surface area contributed by atoms with E-state index in [1.165, 1.54) is 0 Å². The van der Waals surface area contributed by atoms with Crippen molar-refractivity contribution < 1.29 is 4.74 Å². The number of allylic oxidation sites excluding steroid dienone is 1. The van der Waals surface area contributed by atoms with Gasteiger partial charge in [-0.15, -0.1) is 0 Å². The molecule has 1 heterocycles. The Balaban J connectivity index is 2.20. The number of hydrogen-bond donors (Lipinski definition) is 1. The Hall–Kier alpha value is -2.45. The molecule has 1 atom stereocenters. The van der Waals surface area contributed by atoms with Crippen LogP contribution in [0.3, 0.4) is 0 Å². The van der Waals surface area contributed by atoms with Crippen molar-refractivity contribution in [3.05, 3.63) is 69.5 Å². The number of hydrogen-bond acceptors (Lipinski definition) is 4. The summed E-state index contributed by atoms with van der Waals surface area (Å²) in [4.78, 5) is 2.00. The number of nitrogens with zero attached hydrogens (tertiary/aromatic N) is 2. The third kappa shape index (κ3) is 2.78. The van der Waals surface area contributed by atoms with Crippen LogP contribution in [-0.4, -0.2) is 14.1 Å². The second-order valence-corrected chi connectivity index (χ2v) is 6.51. The largest absolute Gasteiger partial charge is 0.440 e. The van der Waals surface area contributed by atoms with Crippen LogP contribution in [0.1, 0.15) is 17.0 Å². The van der Waals surface area contributed by atoms with Crippen LogP contribution >= 0.6 is 15.9 Å². The number of nitrogens with two attached hydrogens (primary N) is 1. The molecule has 0 aromatic heterocycles. The van der Waals surface area contributed by atoms with Gasteiger partial charge in [-0.2, -0.15) is 5.26 Å². The third-order valence-corrected chi connectivity index (χ3v) is 4.39. The SMILES string of the molecule is CN(C)c1ccc2c(c1)OC(N)=C(C#N)C2c1cccc(Br)c1. The Morgan fingerprint density at radius 3 is 2.65 bits per heavy atom. The highest BCUT2D eigenvalue weighted by Gasteiger charge is 2.30. The minimum Gasteiger partial charge on any atom is -0.440 e. The summed E-state index contributed by atoms with van der Waals surface area (Å²) in [5, 5.41) is 9.54. The van der Waals surface area contributed by atoms with E-state index in [0.29, 0.717) is 11.3 Å². The Kier molecular flexibility index (Phi) is 4.01. The lowest BCUT2D eigenvalue weighted by molar-refractivity contribution is 0.394. The zero-order valence-corrected chi connectivity index (χ0v) is 14.5. The van der Waals surface area contributed by atoms with E-state index in [2.05, 4.69) is 22.0 Å². The van der Waals surface area contributed by atoms with Gasteiger partial charge in [-0.3, -0.25) is 0 Å². The van der Waals surface area contributed by atoms with E-state index in [-0.39, 0.29) is 11.8 Å². The van der Waals surface area contributed by atoms with Crippen LogP contribution in [0.5, 0.6) is 5.75 Å². The first kappa shape index (κ1) is 15.4. The smallest absolute Gasteiger partial charge is 0.205 e. The van der Waals surface area contributed by atoms with Gasteiger partial charge in [0.15, 0.2) is 0 Å². The first-order valence-electron chi connectivity index (χ1n) is 7.15. The molecule has 0 fully saturated rings. The standard InChI is InChI=1S/C18H16BrN3O/c1-22(2)13-6-7-14-16(9-13)23-18(21)15(10-20)17(14)11-4-3-5-12(19)8-11/h3-9,17H,21H2,1-2H3. The van der Waals surface area contributed by atoms with Gasteiger partial charge in [-0.05, 0) is 23.8 Å². The van der Waals surface area contributed by atoms with E-state index in [1.807, 2.05) is 61.5 Å². The minimum absolute atomic E-state index is 0.167. The Bertz CT molecular complexity index is 836. The molecule has 0 amide bonds. The van der Waals surface area contributed by atoms with Crippen LogP contribution in [0.4, 0.5) is 5.69 Å². The Morgan fingerprint density at radius 2 is 2.00 bits per heavy atom. The molecule has 3 rings (SSSR count). The highest BCUT2D eigenvalue weighted by molar-refractivity contribution is 9.10. The van der Waals surface area contributed by atoms with Gasteiger partial charge in [0.2, 0.25) is 5.88 Å². The molecule has 2 aromatic rings. The zero-order chi connectivity index (χ0) is 16.6. The summed E-state index contributed by atoms with van der Waals surface area (Å²) in [6.07, 6.45) is 0. The maximum Gasteiger partial charge on any atom is 0.205 e. The highest BCUT2D eigenvalue weighted by Crippen LogP contribution is 2.43. The van der Waals surface area contributed by atoms with Crippen molar-refractivity contribution in [2.75, 3.05) is 19.0 Å². The van der Waals surface area contributed by atoms with Crippen LogP contribution in [0.2, 0.25) is 0 Å². The van der Waals surface area contributed by atoms with Gasteiger partial charge >= 0.3 is 0 Å². The molecule has 1 unspecified atom stereocenters. The van der Waals surface area contributed by atoms with Gasteiger partial charge in [0, 0.05) is 35.9 Å². The monoisotopic (exact) mass is 369 g/mol. The zero-order valence-electron chi connectivity index (χ0n) is 12.9. The molecule has 0 aliphatic carbocycles. The quantitative estimate of drug-likeness (QED) is 0.875. The van der Waals surface area contributed by atoms with E-state index in [9.17, 15) is 5.26 Å². The predicted octanol–water partition coefficient (Wildman–Crippen LogP) is 3.73. The van der Waals surface area contributed by atoms with Crippen molar-refractivity contribution >= 4 is 21.6 Å². The Morgan fingerprint density at radius 1 is 1.22 bits per heavy atom. The molecular formula is C18H16BrN3O. The van der Waals surface area contributed by atoms with E-state index in [0.717, 1.165) is 21.3 Å². The second-order valence-electron chi connectivity index (χ2n) is 5.60. The third-order valence-electron chi connectivity index (χ3n) is 3.90. The first-order valence-corrected chi connectivity index (χ1v) is 7.95. The van der Waals surface area contributed by atoms with Gasteiger partial charge in [0.25, 0.3) is 0 Å². The van der Waals surface area contributed by atoms with Gasteiger partial charge < -0.3 is 15.4 Å². The molecule has 116 valence electrons. The fourth-order valence-electron chi connectivity index (χ4n) is 2.75. The van der Waals surface area contributed by atoms with Crippen molar-refractivity contribution in [1.29, 1.82) is 5.26 Å². The molecule has 1 aliphatic rings. The summed E-state index contributed by atoms with van der Waals surface area (Å²) in [5.74, 6) is 0.635. The van der Waals surface area contributed by atoms with Crippen LogP contribution < -0.4 is 15.4 Å². The molecule has 0 saturated heterocycles. The maximum atomic E-state index is 9.54. The number of nitriles is 1. The highest BCUT2D eigenvalue weighted by atomic mass is 79.9.